The molecule has 112 valence electrons. The van der Waals surface area contributed by atoms with Crippen molar-refractivity contribution in [1.29, 1.82) is 0 Å². The number of hydrogen-bond donors (Lipinski definition) is 2. The van der Waals surface area contributed by atoms with Crippen LogP contribution in [0.25, 0.3) is 0 Å². The van der Waals surface area contributed by atoms with Crippen LogP contribution in [0, 0.1) is 12.7 Å². The zero-order chi connectivity index (χ0) is 15.8. The fourth-order valence-corrected chi connectivity index (χ4v) is 1.61. The molecule has 2 rings (SSSR count). The number of aryl methyl sites for hydroxylation is 1. The molecule has 0 aliphatic carbocycles. The largest absolute Gasteiger partial charge is 0.507 e. The van der Waals surface area contributed by atoms with Crippen molar-refractivity contribution in [3.63, 3.8) is 0 Å². The highest BCUT2D eigenvalue weighted by Crippen LogP contribution is 2.33. The van der Waals surface area contributed by atoms with Gasteiger partial charge in [-0.3, -0.25) is 0 Å². The van der Waals surface area contributed by atoms with Gasteiger partial charge in [0.25, 0.3) is 0 Å². The quantitative estimate of drug-likeness (QED) is 0.661. The predicted molar refractivity (Wildman–Crippen MR) is 67.4 cm³/mol. The number of benzene rings is 1. The number of imidazole rings is 1. The Morgan fingerprint density at radius 2 is 2.05 bits per heavy atom. The number of alkyl halides is 3. The normalized spacial score (nSPS) is 12.2. The highest BCUT2D eigenvalue weighted by molar-refractivity contribution is 5.84. The van der Waals surface area contributed by atoms with Crippen LogP contribution in [0.15, 0.2) is 23.4 Å². The number of aromatic nitrogens is 2. The second kappa shape index (κ2) is 5.08. The van der Waals surface area contributed by atoms with Gasteiger partial charge >= 0.3 is 6.18 Å². The molecule has 0 fully saturated rings. The van der Waals surface area contributed by atoms with Crippen LogP contribution < -0.4 is 5.73 Å². The number of nitrogen functional groups attached to an aromatic ring is 1. The smallest absolute Gasteiger partial charge is 0.416 e. The number of phenolic OH excluding ortho intramolecular Hbond substituents is 1. The zero-order valence-corrected chi connectivity index (χ0v) is 10.7. The van der Waals surface area contributed by atoms with E-state index in [0.717, 1.165) is 10.9 Å². The summed E-state index contributed by atoms with van der Waals surface area (Å²) in [6.45, 7) is 1.65. The van der Waals surface area contributed by atoms with E-state index >= 15 is 0 Å². The van der Waals surface area contributed by atoms with E-state index in [4.69, 9.17) is 5.73 Å². The van der Waals surface area contributed by atoms with Gasteiger partial charge in [-0.25, -0.2) is 14.1 Å². The van der Waals surface area contributed by atoms with Crippen LogP contribution in [0.1, 0.15) is 16.8 Å². The van der Waals surface area contributed by atoms with Gasteiger partial charge in [0.05, 0.1) is 29.2 Å². The molecular formula is C12H10F4N4O. The third-order valence-corrected chi connectivity index (χ3v) is 2.58. The minimum atomic E-state index is -4.75. The summed E-state index contributed by atoms with van der Waals surface area (Å²) in [6, 6.07) is 0.705. The van der Waals surface area contributed by atoms with Crippen molar-refractivity contribution >= 4 is 12.2 Å². The Hall–Kier alpha value is -2.58. The van der Waals surface area contributed by atoms with Gasteiger partial charge in [0, 0.05) is 0 Å². The summed E-state index contributed by atoms with van der Waals surface area (Å²) in [5.74, 6) is -2.10. The lowest BCUT2D eigenvalue weighted by Gasteiger charge is -2.09. The van der Waals surface area contributed by atoms with Crippen LogP contribution in [0.2, 0.25) is 0 Å². The van der Waals surface area contributed by atoms with E-state index in [1.807, 2.05) is 0 Å². The summed E-state index contributed by atoms with van der Waals surface area (Å²) in [4.78, 5) is 3.84. The molecule has 0 aliphatic heterocycles. The summed E-state index contributed by atoms with van der Waals surface area (Å²) in [5.41, 5.74) is 4.29. The standard InChI is InChI=1S/C12H10F4N4O/c1-6-5-20(11(17)19-6)18-4-8-9(13)2-7(3-10(8)21)12(14,15)16/h2-5,21H,1H3,(H2,17,19). The molecule has 0 saturated carbocycles. The molecule has 5 nitrogen and oxygen atoms in total. The van der Waals surface area contributed by atoms with Gasteiger partial charge in [0.2, 0.25) is 5.95 Å². The molecule has 0 radical (unpaired) electrons. The first-order valence-electron chi connectivity index (χ1n) is 5.64. The molecule has 0 atom stereocenters. The van der Waals surface area contributed by atoms with E-state index in [-0.39, 0.29) is 12.0 Å². The van der Waals surface area contributed by atoms with Crippen LogP contribution >= 0.6 is 0 Å². The third-order valence-electron chi connectivity index (χ3n) is 2.58. The summed E-state index contributed by atoms with van der Waals surface area (Å²) in [7, 11) is 0. The lowest BCUT2D eigenvalue weighted by atomic mass is 10.1. The number of rotatable bonds is 2. The molecule has 0 amide bonds. The maximum Gasteiger partial charge on any atom is 0.416 e. The maximum atomic E-state index is 13.6. The topological polar surface area (TPSA) is 76.4 Å². The summed E-state index contributed by atoms with van der Waals surface area (Å²) in [5, 5.41) is 13.2. The Morgan fingerprint density at radius 1 is 1.38 bits per heavy atom. The Kier molecular flexibility index (Phi) is 3.58. The summed E-state index contributed by atoms with van der Waals surface area (Å²) >= 11 is 0. The van der Waals surface area contributed by atoms with E-state index < -0.39 is 28.9 Å². The van der Waals surface area contributed by atoms with Crippen molar-refractivity contribution in [3.05, 3.63) is 41.0 Å². The first kappa shape index (κ1) is 14.8. The summed E-state index contributed by atoms with van der Waals surface area (Å²) in [6.07, 6.45) is -2.45. The number of halogens is 4. The second-order valence-electron chi connectivity index (χ2n) is 4.22. The number of aromatic hydroxyl groups is 1. The van der Waals surface area contributed by atoms with Gasteiger partial charge in [0.1, 0.15) is 11.6 Å². The fourth-order valence-electron chi connectivity index (χ4n) is 1.61. The highest BCUT2D eigenvalue weighted by Gasteiger charge is 2.32. The Balaban J connectivity index is 2.39. The van der Waals surface area contributed by atoms with Gasteiger partial charge < -0.3 is 10.8 Å². The van der Waals surface area contributed by atoms with Crippen LogP contribution in [-0.2, 0) is 6.18 Å². The van der Waals surface area contributed by atoms with E-state index in [1.165, 1.54) is 6.20 Å². The Morgan fingerprint density at radius 3 is 2.52 bits per heavy atom. The van der Waals surface area contributed by atoms with E-state index in [1.54, 1.807) is 6.92 Å². The molecule has 0 aliphatic rings. The average Bonchev–Trinajstić information content (AvgIpc) is 2.65. The molecule has 3 N–H and O–H groups in total. The van der Waals surface area contributed by atoms with E-state index in [0.29, 0.717) is 11.8 Å². The number of nitrogens with two attached hydrogens (primary N) is 1. The lowest BCUT2D eigenvalue weighted by molar-refractivity contribution is -0.137. The molecule has 2 aromatic rings. The fraction of sp³-hybridized carbons (Fsp3) is 0.167. The molecule has 0 unspecified atom stereocenters. The van der Waals surface area contributed by atoms with E-state index in [9.17, 15) is 22.7 Å². The Bertz CT molecular complexity index is 683. The van der Waals surface area contributed by atoms with Crippen LogP contribution in [0.4, 0.5) is 23.5 Å². The first-order valence-corrected chi connectivity index (χ1v) is 5.64. The maximum absolute atomic E-state index is 13.6. The SMILES string of the molecule is Cc1cn(N=Cc2c(O)cc(C(F)(F)F)cc2F)c(N)n1. The minimum Gasteiger partial charge on any atom is -0.507 e. The molecule has 0 bridgehead atoms. The van der Waals surface area contributed by atoms with Gasteiger partial charge in [-0.1, -0.05) is 0 Å². The van der Waals surface area contributed by atoms with Gasteiger partial charge in [0.15, 0.2) is 0 Å². The van der Waals surface area contributed by atoms with Crippen molar-refractivity contribution in [2.45, 2.75) is 13.1 Å². The number of nitrogens with zero attached hydrogens (tertiary/aromatic N) is 3. The number of hydrogen-bond acceptors (Lipinski definition) is 4. The molecule has 9 heteroatoms. The molecule has 1 aromatic heterocycles. The number of phenols is 1. The summed E-state index contributed by atoms with van der Waals surface area (Å²) < 4.78 is 52.1. The van der Waals surface area contributed by atoms with Gasteiger partial charge in [-0.05, 0) is 19.1 Å². The molecule has 1 heterocycles. The molecule has 21 heavy (non-hydrogen) atoms. The van der Waals surface area contributed by atoms with Crippen LogP contribution in [0.5, 0.6) is 5.75 Å². The molecule has 0 spiro atoms. The molecule has 1 aromatic carbocycles. The second-order valence-corrected chi connectivity index (χ2v) is 4.22. The van der Waals surface area contributed by atoms with Crippen LogP contribution in [0.3, 0.4) is 0 Å². The predicted octanol–water partition coefficient (Wildman–Crippen LogP) is 2.52. The van der Waals surface area contributed by atoms with Crippen molar-refractivity contribution in [2.24, 2.45) is 5.10 Å². The van der Waals surface area contributed by atoms with E-state index in [2.05, 4.69) is 10.1 Å². The molecular weight excluding hydrogens is 292 g/mol. The average molecular weight is 302 g/mol. The number of anilines is 1. The van der Waals surface area contributed by atoms with Gasteiger partial charge in [-0.2, -0.15) is 18.3 Å². The van der Waals surface area contributed by atoms with Crippen molar-refractivity contribution in [3.8, 4) is 5.75 Å². The minimum absolute atomic E-state index is 0.0237. The highest BCUT2D eigenvalue weighted by atomic mass is 19.4. The zero-order valence-electron chi connectivity index (χ0n) is 10.7. The Labute approximate surface area is 116 Å². The van der Waals surface area contributed by atoms with Gasteiger partial charge in [-0.15, -0.1) is 0 Å². The monoisotopic (exact) mass is 302 g/mol. The van der Waals surface area contributed by atoms with Crippen molar-refractivity contribution in [1.82, 2.24) is 9.66 Å². The third kappa shape index (κ3) is 3.12. The van der Waals surface area contributed by atoms with Crippen LogP contribution in [-0.4, -0.2) is 21.0 Å². The van der Waals surface area contributed by atoms with Crippen molar-refractivity contribution in [2.75, 3.05) is 5.73 Å². The lowest BCUT2D eigenvalue weighted by Crippen LogP contribution is -2.06. The van der Waals surface area contributed by atoms with Crippen molar-refractivity contribution < 1.29 is 22.7 Å². The first-order chi connectivity index (χ1) is 9.68. The molecule has 0 saturated heterocycles.